The average molecular weight is 648 g/mol. The lowest BCUT2D eigenvalue weighted by Gasteiger charge is -2.25. The summed E-state index contributed by atoms with van der Waals surface area (Å²) in [5, 5.41) is 0. The molecular formula is C41H77NO4. The van der Waals surface area contributed by atoms with Crippen molar-refractivity contribution < 1.29 is 19.1 Å². The summed E-state index contributed by atoms with van der Waals surface area (Å²) >= 11 is 0. The molecule has 5 nitrogen and oxygen atoms in total. The summed E-state index contributed by atoms with van der Waals surface area (Å²) in [6.07, 6.45) is 41.2. The molecule has 0 radical (unpaired) electrons. The van der Waals surface area contributed by atoms with Crippen molar-refractivity contribution in [1.29, 1.82) is 0 Å². The van der Waals surface area contributed by atoms with E-state index in [2.05, 4.69) is 38.2 Å². The van der Waals surface area contributed by atoms with Crippen LogP contribution in [-0.4, -0.2) is 30.2 Å². The average Bonchev–Trinajstić information content (AvgIpc) is 3.04. The zero-order chi connectivity index (χ0) is 33.9. The van der Waals surface area contributed by atoms with Gasteiger partial charge in [0, 0.05) is 12.8 Å². The van der Waals surface area contributed by atoms with Crippen molar-refractivity contribution in [3.63, 3.8) is 0 Å². The van der Waals surface area contributed by atoms with E-state index in [0.717, 1.165) is 51.4 Å². The van der Waals surface area contributed by atoms with Crippen molar-refractivity contribution >= 4 is 11.9 Å². The Hall–Kier alpha value is -1.62. The van der Waals surface area contributed by atoms with Gasteiger partial charge in [0.15, 0.2) is 0 Å². The Kier molecular flexibility index (Phi) is 33.5. The molecule has 0 fully saturated rings. The second-order valence-electron chi connectivity index (χ2n) is 13.6. The van der Waals surface area contributed by atoms with E-state index in [1.807, 2.05) is 0 Å². The van der Waals surface area contributed by atoms with Crippen LogP contribution in [0.5, 0.6) is 0 Å². The minimum absolute atomic E-state index is 0.215. The summed E-state index contributed by atoms with van der Waals surface area (Å²) < 4.78 is 11.1. The molecule has 2 N–H and O–H groups in total. The second kappa shape index (κ2) is 34.7. The van der Waals surface area contributed by atoms with Gasteiger partial charge in [0.05, 0.1) is 6.04 Å². The summed E-state index contributed by atoms with van der Waals surface area (Å²) in [7, 11) is 0. The number of nitrogens with two attached hydrogens (primary N) is 1. The number of ether oxygens (including phenoxy) is 2. The fraction of sp³-hybridized carbons (Fsp3) is 0.854. The number of unbranched alkanes of at least 4 members (excludes halogenated alkanes) is 22. The molecule has 0 rings (SSSR count). The van der Waals surface area contributed by atoms with Crippen LogP contribution in [0.2, 0.25) is 0 Å². The predicted molar refractivity (Wildman–Crippen MR) is 198 cm³/mol. The van der Waals surface area contributed by atoms with Gasteiger partial charge in [-0.25, -0.2) is 0 Å². The Morgan fingerprint density at radius 1 is 0.457 bits per heavy atom. The monoisotopic (exact) mass is 648 g/mol. The van der Waals surface area contributed by atoms with Gasteiger partial charge in [-0.15, -0.1) is 0 Å². The molecule has 46 heavy (non-hydrogen) atoms. The molecule has 0 saturated carbocycles. The van der Waals surface area contributed by atoms with Crippen molar-refractivity contribution in [1.82, 2.24) is 0 Å². The number of carbonyl (C=O) groups is 2. The summed E-state index contributed by atoms with van der Waals surface area (Å²) in [6, 6.07) is -0.531. The van der Waals surface area contributed by atoms with Crippen LogP contribution in [0.3, 0.4) is 0 Å². The van der Waals surface area contributed by atoms with Gasteiger partial charge in [-0.3, -0.25) is 9.59 Å². The third-order valence-corrected chi connectivity index (χ3v) is 9.00. The molecule has 0 aromatic heterocycles. The minimum Gasteiger partial charge on any atom is -0.461 e. The van der Waals surface area contributed by atoms with E-state index in [4.69, 9.17) is 15.2 Å². The first kappa shape index (κ1) is 44.4. The third-order valence-electron chi connectivity index (χ3n) is 9.00. The molecule has 0 heterocycles. The molecule has 270 valence electrons. The fourth-order valence-electron chi connectivity index (χ4n) is 5.75. The number of hydrogen-bond donors (Lipinski definition) is 1. The van der Waals surface area contributed by atoms with Gasteiger partial charge in [-0.2, -0.15) is 0 Å². The van der Waals surface area contributed by atoms with Crippen LogP contribution in [0.1, 0.15) is 207 Å². The van der Waals surface area contributed by atoms with Gasteiger partial charge in [-0.1, -0.05) is 141 Å². The summed E-state index contributed by atoms with van der Waals surface area (Å²) in [4.78, 5) is 24.6. The number of carbonyl (C=O) groups excluding carboxylic acids is 2. The molecule has 0 saturated heterocycles. The molecule has 0 bridgehead atoms. The van der Waals surface area contributed by atoms with Gasteiger partial charge in [0.1, 0.15) is 12.2 Å². The largest absolute Gasteiger partial charge is 0.461 e. The molecular weight excluding hydrogens is 570 g/mol. The van der Waals surface area contributed by atoms with Crippen LogP contribution in [0.25, 0.3) is 0 Å². The highest BCUT2D eigenvalue weighted by Crippen LogP contribution is 2.14. The molecule has 0 aliphatic carbocycles. The lowest BCUT2D eigenvalue weighted by Crippen LogP contribution is -2.46. The van der Waals surface area contributed by atoms with E-state index in [0.29, 0.717) is 12.8 Å². The fourth-order valence-corrected chi connectivity index (χ4v) is 5.75. The van der Waals surface area contributed by atoms with Crippen molar-refractivity contribution in [2.75, 3.05) is 0 Å². The lowest BCUT2D eigenvalue weighted by atomic mass is 10.1. The minimum atomic E-state index is -0.531. The lowest BCUT2D eigenvalue weighted by molar-refractivity contribution is -0.155. The maximum atomic E-state index is 12.3. The van der Waals surface area contributed by atoms with Gasteiger partial charge in [0.2, 0.25) is 0 Å². The van der Waals surface area contributed by atoms with E-state index >= 15 is 0 Å². The van der Waals surface area contributed by atoms with Gasteiger partial charge in [-0.05, 0) is 78.1 Å². The van der Waals surface area contributed by atoms with Crippen molar-refractivity contribution in [2.24, 2.45) is 5.73 Å². The first-order valence-corrected chi connectivity index (χ1v) is 19.9. The highest BCUT2D eigenvalue weighted by Gasteiger charge is 2.25. The van der Waals surface area contributed by atoms with Crippen molar-refractivity contribution in [3.05, 3.63) is 24.3 Å². The molecule has 0 aliphatic rings. The van der Waals surface area contributed by atoms with E-state index in [1.54, 1.807) is 13.8 Å². The number of hydrogen-bond acceptors (Lipinski definition) is 5. The summed E-state index contributed by atoms with van der Waals surface area (Å²) in [5.74, 6) is -0.431. The van der Waals surface area contributed by atoms with Crippen LogP contribution in [-0.2, 0) is 19.1 Å². The standard InChI is InChI=1S/C41H77NO4/c1-5-7-9-11-13-15-17-19-21-23-25-27-29-31-33-35-39(43)45-37(3)41(42)38(4)46-40(44)36-34-32-30-28-26-24-22-20-18-16-14-12-10-8-6-2/h19-22,37-38,41H,5-18,23-36,42H2,1-4H3/b21-19-,22-20-. The molecule has 5 heteroatoms. The molecule has 0 aromatic carbocycles. The van der Waals surface area contributed by atoms with Crippen LogP contribution in [0, 0.1) is 0 Å². The highest BCUT2D eigenvalue weighted by atomic mass is 16.6. The number of allylic oxidation sites excluding steroid dienone is 4. The molecule has 2 atom stereocenters. The SMILES string of the molecule is CCCCCCCC/C=C\CCCCCCCC(=O)OC(C)C(N)C(C)OC(=O)CCCCCCC/C=C\CCCCCCCC. The molecule has 0 spiro atoms. The van der Waals surface area contributed by atoms with Crippen molar-refractivity contribution in [3.8, 4) is 0 Å². The molecule has 0 amide bonds. The Morgan fingerprint density at radius 3 is 1.02 bits per heavy atom. The zero-order valence-electron chi connectivity index (χ0n) is 31.1. The Bertz CT molecular complexity index is 674. The van der Waals surface area contributed by atoms with Crippen LogP contribution >= 0.6 is 0 Å². The topological polar surface area (TPSA) is 78.6 Å². The van der Waals surface area contributed by atoms with Crippen LogP contribution in [0.15, 0.2) is 24.3 Å². The third kappa shape index (κ3) is 31.0. The van der Waals surface area contributed by atoms with E-state index < -0.39 is 18.2 Å². The van der Waals surface area contributed by atoms with E-state index in [-0.39, 0.29) is 11.9 Å². The van der Waals surface area contributed by atoms with E-state index in [1.165, 1.54) is 116 Å². The quantitative estimate of drug-likeness (QED) is 0.0427. The summed E-state index contributed by atoms with van der Waals surface area (Å²) in [5.41, 5.74) is 6.26. The smallest absolute Gasteiger partial charge is 0.306 e. The Morgan fingerprint density at radius 2 is 0.717 bits per heavy atom. The molecule has 0 aromatic rings. The van der Waals surface area contributed by atoms with Gasteiger partial charge < -0.3 is 15.2 Å². The van der Waals surface area contributed by atoms with E-state index in [9.17, 15) is 9.59 Å². The zero-order valence-corrected chi connectivity index (χ0v) is 31.1. The highest BCUT2D eigenvalue weighted by molar-refractivity contribution is 5.70. The number of rotatable bonds is 34. The molecule has 0 aliphatic heterocycles. The van der Waals surface area contributed by atoms with Gasteiger partial charge >= 0.3 is 11.9 Å². The maximum Gasteiger partial charge on any atom is 0.306 e. The van der Waals surface area contributed by atoms with Crippen molar-refractivity contribution in [2.45, 2.75) is 226 Å². The Labute approximate surface area is 286 Å². The van der Waals surface area contributed by atoms with Gasteiger partial charge in [0.25, 0.3) is 0 Å². The second-order valence-corrected chi connectivity index (χ2v) is 13.6. The first-order chi connectivity index (χ1) is 22.4. The molecule has 2 unspecified atom stereocenters. The summed E-state index contributed by atoms with van der Waals surface area (Å²) in [6.45, 7) is 8.10. The predicted octanol–water partition coefficient (Wildman–Crippen LogP) is 12.3. The number of esters is 2. The van der Waals surface area contributed by atoms with Crippen LogP contribution in [0.4, 0.5) is 0 Å². The van der Waals surface area contributed by atoms with Crippen LogP contribution < -0.4 is 5.73 Å². The maximum absolute atomic E-state index is 12.3. The normalized spacial score (nSPS) is 13.8. The first-order valence-electron chi connectivity index (χ1n) is 19.9. The Balaban J connectivity index is 3.70.